The van der Waals surface area contributed by atoms with Crippen LogP contribution >= 0.6 is 0 Å². The van der Waals surface area contributed by atoms with E-state index in [0.717, 1.165) is 25.2 Å². The molecule has 0 atom stereocenters. The highest BCUT2D eigenvalue weighted by molar-refractivity contribution is 5.81. The van der Waals surface area contributed by atoms with Gasteiger partial charge in [-0.3, -0.25) is 0 Å². The molecule has 0 heterocycles. The van der Waals surface area contributed by atoms with E-state index in [4.69, 9.17) is 4.74 Å². The van der Waals surface area contributed by atoms with Gasteiger partial charge in [0.2, 0.25) is 0 Å². The van der Waals surface area contributed by atoms with E-state index in [0.29, 0.717) is 0 Å². The summed E-state index contributed by atoms with van der Waals surface area (Å²) in [6.07, 6.45) is 16.4. The Kier molecular flexibility index (Phi) is 5.47. The van der Waals surface area contributed by atoms with Crippen LogP contribution < -0.4 is 0 Å². The number of ether oxygens (including phenoxy) is 1. The molecule has 0 amide bonds. The molecule has 3 rings (SSSR count). The van der Waals surface area contributed by atoms with Crippen LogP contribution in [0.4, 0.5) is 0 Å². The molecule has 3 saturated carbocycles. The Morgan fingerprint density at radius 2 is 1.58 bits per heavy atom. The molecule has 2 heteroatoms. The molecule has 3 fully saturated rings. The van der Waals surface area contributed by atoms with Gasteiger partial charge in [0.05, 0.1) is 0 Å². The maximum Gasteiger partial charge on any atom is 0.330 e. The normalized spacial score (nSPS) is 32.9. The van der Waals surface area contributed by atoms with Crippen molar-refractivity contribution >= 4 is 5.97 Å². The molecule has 108 valence electrons. The summed E-state index contributed by atoms with van der Waals surface area (Å²) >= 11 is 0. The number of hydrogen-bond acceptors (Lipinski definition) is 2. The average molecular weight is 264 g/mol. The second-order valence-electron chi connectivity index (χ2n) is 6.41. The van der Waals surface area contributed by atoms with Crippen molar-refractivity contribution in [2.75, 3.05) is 0 Å². The highest BCUT2D eigenvalue weighted by Crippen LogP contribution is 2.41. The van der Waals surface area contributed by atoms with Crippen molar-refractivity contribution in [3.8, 4) is 0 Å². The van der Waals surface area contributed by atoms with Crippen molar-refractivity contribution in [3.05, 3.63) is 12.7 Å². The average Bonchev–Trinajstić information content (AvgIpc) is 2.41. The van der Waals surface area contributed by atoms with E-state index in [1.807, 2.05) is 0 Å². The Balaban J connectivity index is 1.98. The van der Waals surface area contributed by atoms with E-state index in [1.54, 1.807) is 0 Å². The second kappa shape index (κ2) is 7.12. The predicted octanol–water partition coefficient (Wildman–Crippen LogP) is 4.78. The fourth-order valence-electron chi connectivity index (χ4n) is 3.74. The largest absolute Gasteiger partial charge is 0.456 e. The number of rotatable bonds is 2. The van der Waals surface area contributed by atoms with Crippen LogP contribution in [0.15, 0.2) is 12.7 Å². The van der Waals surface area contributed by atoms with Crippen molar-refractivity contribution in [1.29, 1.82) is 0 Å². The molecule has 0 saturated heterocycles. The first-order valence-electron chi connectivity index (χ1n) is 8.09. The monoisotopic (exact) mass is 264 g/mol. The van der Waals surface area contributed by atoms with Crippen LogP contribution in [0.1, 0.15) is 77.0 Å². The fraction of sp³-hybridized carbons (Fsp3) is 0.824. The molecular formula is C17H28O2. The van der Waals surface area contributed by atoms with Gasteiger partial charge in [0.15, 0.2) is 0 Å². The summed E-state index contributed by atoms with van der Waals surface area (Å²) in [7, 11) is 0. The van der Waals surface area contributed by atoms with E-state index in [2.05, 4.69) is 6.58 Å². The number of carbonyl (C=O) groups excluding carboxylic acids is 1. The highest BCUT2D eigenvalue weighted by atomic mass is 16.6. The third-order valence-corrected chi connectivity index (χ3v) is 4.99. The predicted molar refractivity (Wildman–Crippen MR) is 77.9 cm³/mol. The van der Waals surface area contributed by atoms with Crippen LogP contribution in [0.25, 0.3) is 0 Å². The Bertz CT molecular complexity index is 295. The lowest BCUT2D eigenvalue weighted by molar-refractivity contribution is -0.159. The van der Waals surface area contributed by atoms with Gasteiger partial charge in [-0.2, -0.15) is 0 Å². The van der Waals surface area contributed by atoms with Gasteiger partial charge in [-0.1, -0.05) is 45.1 Å². The Morgan fingerprint density at radius 1 is 0.947 bits per heavy atom. The SMILES string of the molecule is C=CC(=O)OC12CCCCCCCCC(CC1)CC2. The summed E-state index contributed by atoms with van der Waals surface area (Å²) in [5.74, 6) is 0.639. The number of carbonyl (C=O) groups is 1. The molecular weight excluding hydrogens is 236 g/mol. The first-order valence-corrected chi connectivity index (χ1v) is 8.09. The molecule has 3 aliphatic rings. The maximum absolute atomic E-state index is 11.6. The molecule has 0 spiro atoms. The lowest BCUT2D eigenvalue weighted by Crippen LogP contribution is -2.39. The third kappa shape index (κ3) is 4.36. The molecule has 0 aromatic heterocycles. The number of esters is 1. The first kappa shape index (κ1) is 14.6. The molecule has 0 N–H and O–H groups in total. The van der Waals surface area contributed by atoms with Crippen LogP contribution in [0.3, 0.4) is 0 Å². The van der Waals surface area contributed by atoms with Crippen molar-refractivity contribution in [2.45, 2.75) is 82.7 Å². The molecule has 19 heavy (non-hydrogen) atoms. The topological polar surface area (TPSA) is 26.3 Å². The number of fused-ring (bicyclic) bond motifs is 9. The zero-order valence-electron chi connectivity index (χ0n) is 12.2. The van der Waals surface area contributed by atoms with E-state index >= 15 is 0 Å². The van der Waals surface area contributed by atoms with Crippen LogP contribution in [0.2, 0.25) is 0 Å². The Labute approximate surface area is 117 Å². The highest BCUT2D eigenvalue weighted by Gasteiger charge is 2.37. The summed E-state index contributed by atoms with van der Waals surface area (Å²) in [6.45, 7) is 3.53. The molecule has 0 aromatic rings. The van der Waals surface area contributed by atoms with Gasteiger partial charge in [-0.25, -0.2) is 4.79 Å². The van der Waals surface area contributed by atoms with E-state index in [9.17, 15) is 4.79 Å². The summed E-state index contributed by atoms with van der Waals surface area (Å²) in [6, 6.07) is 0. The lowest BCUT2D eigenvalue weighted by atomic mass is 9.74. The zero-order chi connectivity index (χ0) is 13.6. The van der Waals surface area contributed by atoms with Gasteiger partial charge in [-0.05, 0) is 44.4 Å². The third-order valence-electron chi connectivity index (χ3n) is 4.99. The standard InChI is InChI=1S/C17H28O2/c1-2-16(18)19-17-12-8-6-4-3-5-7-9-15(10-13-17)11-14-17/h2,15H,1,3-14H2. The summed E-state index contributed by atoms with van der Waals surface area (Å²) in [4.78, 5) is 11.6. The fourth-order valence-corrected chi connectivity index (χ4v) is 3.74. The minimum atomic E-state index is -0.231. The smallest absolute Gasteiger partial charge is 0.330 e. The quantitative estimate of drug-likeness (QED) is 0.530. The number of hydrogen-bond donors (Lipinski definition) is 0. The summed E-state index contributed by atoms with van der Waals surface area (Å²) in [5, 5.41) is 0. The molecule has 0 radical (unpaired) electrons. The van der Waals surface area contributed by atoms with E-state index in [-0.39, 0.29) is 11.6 Å². The Morgan fingerprint density at radius 3 is 2.26 bits per heavy atom. The molecule has 2 nitrogen and oxygen atoms in total. The summed E-state index contributed by atoms with van der Waals surface area (Å²) < 4.78 is 5.76. The molecule has 2 bridgehead atoms. The Hall–Kier alpha value is -0.790. The summed E-state index contributed by atoms with van der Waals surface area (Å²) in [5.41, 5.74) is -0.166. The van der Waals surface area contributed by atoms with Crippen molar-refractivity contribution in [1.82, 2.24) is 0 Å². The molecule has 0 aromatic carbocycles. The van der Waals surface area contributed by atoms with Gasteiger partial charge in [0.1, 0.15) is 5.60 Å². The van der Waals surface area contributed by atoms with Gasteiger partial charge < -0.3 is 4.74 Å². The second-order valence-corrected chi connectivity index (χ2v) is 6.41. The van der Waals surface area contributed by atoms with Gasteiger partial charge in [-0.15, -0.1) is 0 Å². The lowest BCUT2D eigenvalue weighted by Gasteiger charge is -2.40. The molecule has 0 unspecified atom stereocenters. The van der Waals surface area contributed by atoms with Gasteiger partial charge in [0, 0.05) is 6.08 Å². The van der Waals surface area contributed by atoms with Crippen LogP contribution in [-0.4, -0.2) is 11.6 Å². The van der Waals surface area contributed by atoms with Crippen molar-refractivity contribution in [2.24, 2.45) is 5.92 Å². The van der Waals surface area contributed by atoms with Crippen LogP contribution in [-0.2, 0) is 9.53 Å². The van der Waals surface area contributed by atoms with Crippen LogP contribution in [0, 0.1) is 5.92 Å². The van der Waals surface area contributed by atoms with E-state index in [1.165, 1.54) is 63.9 Å². The minimum absolute atomic E-state index is 0.166. The van der Waals surface area contributed by atoms with Crippen molar-refractivity contribution < 1.29 is 9.53 Å². The molecule has 3 aliphatic carbocycles. The zero-order valence-corrected chi connectivity index (χ0v) is 12.2. The van der Waals surface area contributed by atoms with Crippen LogP contribution in [0.5, 0.6) is 0 Å². The molecule has 0 aliphatic heterocycles. The minimum Gasteiger partial charge on any atom is -0.456 e. The van der Waals surface area contributed by atoms with E-state index < -0.39 is 0 Å². The van der Waals surface area contributed by atoms with Gasteiger partial charge in [0.25, 0.3) is 0 Å². The first-order chi connectivity index (χ1) is 9.24. The maximum atomic E-state index is 11.6. The van der Waals surface area contributed by atoms with Gasteiger partial charge >= 0.3 is 5.97 Å². The van der Waals surface area contributed by atoms with Crippen molar-refractivity contribution in [3.63, 3.8) is 0 Å².